The summed E-state index contributed by atoms with van der Waals surface area (Å²) in [5, 5.41) is 11.8. The Kier molecular flexibility index (Phi) is 11.8. The number of carbonyl (C=O) groups is 4. The Morgan fingerprint density at radius 3 is 2.31 bits per heavy atom. The Labute approximate surface area is 317 Å². The summed E-state index contributed by atoms with van der Waals surface area (Å²) in [5.74, 6) is -1.39. The van der Waals surface area contributed by atoms with E-state index in [2.05, 4.69) is 17.1 Å². The number of piperidine rings is 2. The Bertz CT molecular complexity index is 1720. The lowest BCUT2D eigenvalue weighted by molar-refractivity contribution is -0.144. The Morgan fingerprint density at radius 1 is 1.00 bits per heavy atom. The normalized spacial score (nSPS) is 20.8. The SMILES string of the molecule is CC1(N2CCN(CC(=O)O)CC2)CCN(C(=O)[C@@H](Cc2cc(Cl)c(N)c(C(F)(F)F)c2)OC(=O)N2CCC(N3CCc4ccccc4NC3=O)CC2)CC1. The van der Waals surface area contributed by atoms with E-state index in [9.17, 15) is 32.3 Å². The number of ether oxygens (including phenoxy) is 1. The fourth-order valence-corrected chi connectivity index (χ4v) is 8.32. The van der Waals surface area contributed by atoms with Gasteiger partial charge in [-0.2, -0.15) is 13.2 Å². The molecule has 2 aromatic rings. The summed E-state index contributed by atoms with van der Waals surface area (Å²) in [6.45, 7) is 6.41. The molecular weight excluding hydrogens is 731 g/mol. The van der Waals surface area contributed by atoms with Gasteiger partial charge in [0, 0.05) is 82.6 Å². The number of carboxylic acids is 1. The molecule has 4 heterocycles. The number of carbonyl (C=O) groups excluding carboxylic acids is 3. The van der Waals surface area contributed by atoms with Crippen LogP contribution in [0.25, 0.3) is 0 Å². The number of aliphatic carboxylic acids is 1. The minimum absolute atomic E-state index is 0.0144. The third-order valence-electron chi connectivity index (χ3n) is 11.4. The number of nitrogen functional groups attached to an aromatic ring is 1. The topological polar surface area (TPSA) is 152 Å². The van der Waals surface area contributed by atoms with Crippen LogP contribution in [0, 0.1) is 0 Å². The van der Waals surface area contributed by atoms with E-state index in [1.54, 1.807) is 9.80 Å². The average Bonchev–Trinajstić information content (AvgIpc) is 3.30. The number of halogens is 4. The predicted molar refractivity (Wildman–Crippen MR) is 195 cm³/mol. The molecule has 4 N–H and O–H groups in total. The number of benzene rings is 2. The van der Waals surface area contributed by atoms with Gasteiger partial charge in [-0.05, 0) is 68.4 Å². The maximum Gasteiger partial charge on any atom is 0.418 e. The number of carboxylic acid groups (broad SMARTS) is 1. The molecule has 0 bridgehead atoms. The van der Waals surface area contributed by atoms with E-state index in [0.717, 1.165) is 17.3 Å². The number of likely N-dealkylation sites (tertiary alicyclic amines) is 2. The summed E-state index contributed by atoms with van der Waals surface area (Å²) in [6.07, 6.45) is -4.49. The third-order valence-corrected chi connectivity index (χ3v) is 11.7. The van der Waals surface area contributed by atoms with Crippen LogP contribution in [0.5, 0.6) is 0 Å². The zero-order valence-corrected chi connectivity index (χ0v) is 31.0. The number of fused-ring (bicyclic) bond motifs is 1. The fourth-order valence-electron chi connectivity index (χ4n) is 8.08. The number of para-hydroxylation sites is 1. The smallest absolute Gasteiger partial charge is 0.418 e. The molecule has 2 aromatic carbocycles. The Balaban J connectivity index is 1.12. The number of nitrogens with zero attached hydrogens (tertiary/aromatic N) is 5. The van der Waals surface area contributed by atoms with Gasteiger partial charge in [-0.3, -0.25) is 19.4 Å². The predicted octanol–water partition coefficient (Wildman–Crippen LogP) is 4.63. The van der Waals surface area contributed by atoms with Gasteiger partial charge in [-0.1, -0.05) is 29.8 Å². The van der Waals surface area contributed by atoms with Gasteiger partial charge in [0.25, 0.3) is 5.91 Å². The van der Waals surface area contributed by atoms with Crippen molar-refractivity contribution in [2.24, 2.45) is 0 Å². The average molecular weight is 778 g/mol. The summed E-state index contributed by atoms with van der Waals surface area (Å²) >= 11 is 6.12. The first-order valence-electron chi connectivity index (χ1n) is 18.4. The molecule has 54 heavy (non-hydrogen) atoms. The highest BCUT2D eigenvalue weighted by Crippen LogP contribution is 2.38. The second-order valence-corrected chi connectivity index (χ2v) is 15.2. The molecule has 0 spiro atoms. The zero-order chi connectivity index (χ0) is 38.8. The van der Waals surface area contributed by atoms with Crippen molar-refractivity contribution >= 4 is 47.0 Å². The monoisotopic (exact) mass is 777 g/mol. The van der Waals surface area contributed by atoms with E-state index in [-0.39, 0.29) is 54.3 Å². The largest absolute Gasteiger partial charge is 0.480 e. The van der Waals surface area contributed by atoms with E-state index >= 15 is 0 Å². The molecule has 0 saturated carbocycles. The van der Waals surface area contributed by atoms with Gasteiger partial charge in [0.15, 0.2) is 6.10 Å². The van der Waals surface area contributed by atoms with Gasteiger partial charge in [0.1, 0.15) is 0 Å². The van der Waals surface area contributed by atoms with Crippen LogP contribution in [-0.4, -0.2) is 137 Å². The highest BCUT2D eigenvalue weighted by molar-refractivity contribution is 6.33. The Morgan fingerprint density at radius 2 is 1.67 bits per heavy atom. The molecule has 0 radical (unpaired) electrons. The molecule has 4 aliphatic rings. The second kappa shape index (κ2) is 16.2. The maximum atomic E-state index is 14.1. The van der Waals surface area contributed by atoms with Crippen LogP contribution in [0.1, 0.15) is 49.3 Å². The van der Waals surface area contributed by atoms with E-state index < -0.39 is 41.5 Å². The summed E-state index contributed by atoms with van der Waals surface area (Å²) in [4.78, 5) is 61.1. The minimum atomic E-state index is -4.80. The molecule has 1 atom stereocenters. The van der Waals surface area contributed by atoms with Crippen LogP contribution in [0.15, 0.2) is 36.4 Å². The van der Waals surface area contributed by atoms with Crippen LogP contribution in [0.2, 0.25) is 5.02 Å². The van der Waals surface area contributed by atoms with Gasteiger partial charge in [0.2, 0.25) is 0 Å². The second-order valence-electron chi connectivity index (χ2n) is 14.8. The van der Waals surface area contributed by atoms with Gasteiger partial charge in [0.05, 0.1) is 22.8 Å². The molecule has 17 heteroatoms. The third kappa shape index (κ3) is 8.98. The molecule has 0 aliphatic carbocycles. The van der Waals surface area contributed by atoms with Gasteiger partial charge < -0.3 is 35.6 Å². The molecule has 294 valence electrons. The number of amides is 4. The summed E-state index contributed by atoms with van der Waals surface area (Å²) in [5.41, 5.74) is 5.52. The van der Waals surface area contributed by atoms with E-state index in [0.29, 0.717) is 77.9 Å². The van der Waals surface area contributed by atoms with E-state index in [4.69, 9.17) is 27.2 Å². The van der Waals surface area contributed by atoms with Crippen LogP contribution >= 0.6 is 11.6 Å². The standard InChI is InChI=1S/C37H47ClF3N7O6/c1-36(47-18-16-44(17-19-47)23-31(49)50)9-14-45(15-10-36)33(51)30(22-24-20-27(37(39,40)41)32(42)28(38)21-24)54-35(53)46-11-7-26(8-12-46)48-13-6-25-4-2-3-5-29(25)43-34(48)52/h2-5,20-21,26,30H,6-19,22-23,42H2,1H3,(H,43,52)(H,49,50)/t30-/m1/s1. The van der Waals surface area contributed by atoms with Crippen molar-refractivity contribution in [2.75, 3.05) is 76.5 Å². The number of nitrogens with one attached hydrogen (secondary N) is 1. The molecule has 3 fully saturated rings. The number of hydrogen-bond donors (Lipinski definition) is 3. The van der Waals surface area contributed by atoms with Crippen LogP contribution in [0.4, 0.5) is 34.1 Å². The molecule has 0 aromatic heterocycles. The van der Waals surface area contributed by atoms with Gasteiger partial charge >= 0.3 is 24.3 Å². The molecule has 0 unspecified atom stereocenters. The van der Waals surface area contributed by atoms with Crippen molar-refractivity contribution in [1.29, 1.82) is 0 Å². The fraction of sp³-hybridized carbons (Fsp3) is 0.568. The summed E-state index contributed by atoms with van der Waals surface area (Å²) in [7, 11) is 0. The number of urea groups is 1. The minimum Gasteiger partial charge on any atom is -0.480 e. The first-order valence-corrected chi connectivity index (χ1v) is 18.7. The maximum absolute atomic E-state index is 14.1. The lowest BCUT2D eigenvalue weighted by atomic mass is 9.86. The summed E-state index contributed by atoms with van der Waals surface area (Å²) in [6, 6.07) is 9.41. The van der Waals surface area contributed by atoms with E-state index in [1.165, 1.54) is 11.0 Å². The number of rotatable bonds is 8. The first kappa shape index (κ1) is 39.4. The quantitative estimate of drug-likeness (QED) is 0.326. The number of piperazine rings is 1. The van der Waals surface area contributed by atoms with Crippen LogP contribution in [-0.2, 0) is 33.3 Å². The number of anilines is 2. The summed E-state index contributed by atoms with van der Waals surface area (Å²) < 4.78 is 47.5. The van der Waals surface area contributed by atoms with E-state index in [1.807, 2.05) is 29.2 Å². The number of nitrogens with two attached hydrogens (primary N) is 1. The highest BCUT2D eigenvalue weighted by atomic mass is 35.5. The van der Waals surface area contributed by atoms with Crippen LogP contribution in [0.3, 0.4) is 0 Å². The lowest BCUT2D eigenvalue weighted by Gasteiger charge is -2.49. The molecule has 3 saturated heterocycles. The zero-order valence-electron chi connectivity index (χ0n) is 30.2. The molecule has 4 aliphatic heterocycles. The van der Waals surface area contributed by atoms with Crippen molar-refractivity contribution in [2.45, 2.75) is 69.3 Å². The van der Waals surface area contributed by atoms with Crippen molar-refractivity contribution in [1.82, 2.24) is 24.5 Å². The number of alkyl halides is 3. The number of hydrogen-bond acceptors (Lipinski definition) is 8. The van der Waals surface area contributed by atoms with Crippen molar-refractivity contribution < 1.29 is 42.2 Å². The first-order chi connectivity index (χ1) is 25.6. The van der Waals surface area contributed by atoms with Crippen molar-refractivity contribution in [3.8, 4) is 0 Å². The molecule has 4 amide bonds. The van der Waals surface area contributed by atoms with Crippen molar-refractivity contribution in [3.63, 3.8) is 0 Å². The Hall–Kier alpha value is -4.28. The van der Waals surface area contributed by atoms with Crippen molar-refractivity contribution in [3.05, 3.63) is 58.1 Å². The van der Waals surface area contributed by atoms with Crippen LogP contribution < -0.4 is 11.1 Å². The lowest BCUT2D eigenvalue weighted by Crippen LogP contribution is -2.60. The molecular formula is C37H47ClF3N7O6. The van der Waals surface area contributed by atoms with Gasteiger partial charge in [-0.25, -0.2) is 9.59 Å². The molecule has 13 nitrogen and oxygen atoms in total. The van der Waals surface area contributed by atoms with Gasteiger partial charge in [-0.15, -0.1) is 0 Å². The molecule has 6 rings (SSSR count). The highest BCUT2D eigenvalue weighted by Gasteiger charge is 2.41.